The van der Waals surface area contributed by atoms with Gasteiger partial charge in [0.15, 0.2) is 0 Å². The van der Waals surface area contributed by atoms with Gasteiger partial charge in [-0.2, -0.15) is 0 Å². The first-order valence-electron chi connectivity index (χ1n) is 6.91. The largest absolute Gasteiger partial charge is 0.481 e. The number of aromatic nitrogens is 1. The van der Waals surface area contributed by atoms with Gasteiger partial charge in [0.1, 0.15) is 0 Å². The Morgan fingerprint density at radius 1 is 1.43 bits per heavy atom. The third-order valence-corrected chi connectivity index (χ3v) is 3.31. The Morgan fingerprint density at radius 3 is 2.86 bits per heavy atom. The molecule has 0 aromatic carbocycles. The van der Waals surface area contributed by atoms with Gasteiger partial charge >= 0.3 is 6.03 Å². The Kier molecular flexibility index (Phi) is 4.97. The van der Waals surface area contributed by atoms with Crippen LogP contribution in [0.1, 0.15) is 19.8 Å². The van der Waals surface area contributed by atoms with Gasteiger partial charge in [-0.05, 0) is 18.9 Å². The number of ether oxygens (including phenoxy) is 1. The topological polar surface area (TPSA) is 83.6 Å². The zero-order valence-electron chi connectivity index (χ0n) is 12.3. The Balaban J connectivity index is 1.91. The molecule has 0 saturated carbocycles. The third kappa shape index (κ3) is 4.34. The number of methoxy groups -OCH3 is 1. The fourth-order valence-electron chi connectivity index (χ4n) is 2.34. The summed E-state index contributed by atoms with van der Waals surface area (Å²) in [5, 5.41) is 5.65. The Morgan fingerprint density at radius 2 is 2.24 bits per heavy atom. The highest BCUT2D eigenvalue weighted by Crippen LogP contribution is 2.14. The molecule has 1 atom stereocenters. The number of nitrogens with zero attached hydrogens (tertiary/aromatic N) is 2. The minimum Gasteiger partial charge on any atom is -0.481 e. The van der Waals surface area contributed by atoms with E-state index in [0.29, 0.717) is 24.7 Å². The number of hydrogen-bond donors (Lipinski definition) is 2. The van der Waals surface area contributed by atoms with Crippen LogP contribution in [0.4, 0.5) is 10.5 Å². The van der Waals surface area contributed by atoms with Gasteiger partial charge < -0.3 is 20.3 Å². The van der Waals surface area contributed by atoms with Crippen molar-refractivity contribution in [2.24, 2.45) is 0 Å². The van der Waals surface area contributed by atoms with E-state index in [0.717, 1.165) is 12.8 Å². The molecule has 1 aromatic heterocycles. The standard InChI is InChI=1S/C14H20N4O3/c1-10(19)16-12-4-3-7-18(9-12)14(20)17-11-5-6-13(21-2)15-8-11/h5-6,8,12H,3-4,7,9H2,1-2H3,(H,16,19)(H,17,20). The summed E-state index contributed by atoms with van der Waals surface area (Å²) in [7, 11) is 1.54. The minimum atomic E-state index is -0.183. The lowest BCUT2D eigenvalue weighted by Gasteiger charge is -2.32. The molecule has 2 rings (SSSR count). The van der Waals surface area contributed by atoms with Gasteiger partial charge in [-0.3, -0.25) is 4.79 Å². The molecule has 0 spiro atoms. The van der Waals surface area contributed by atoms with E-state index in [1.807, 2.05) is 0 Å². The summed E-state index contributed by atoms with van der Waals surface area (Å²) in [5.74, 6) is 0.429. The minimum absolute atomic E-state index is 0.0241. The van der Waals surface area contributed by atoms with Gasteiger partial charge in [0.2, 0.25) is 11.8 Å². The van der Waals surface area contributed by atoms with E-state index in [1.165, 1.54) is 14.0 Å². The van der Waals surface area contributed by atoms with Gasteiger partial charge in [-0.25, -0.2) is 9.78 Å². The van der Waals surface area contributed by atoms with Crippen molar-refractivity contribution in [2.75, 3.05) is 25.5 Å². The molecule has 1 fully saturated rings. The number of nitrogens with one attached hydrogen (secondary N) is 2. The van der Waals surface area contributed by atoms with Crippen LogP contribution in [0.5, 0.6) is 5.88 Å². The molecule has 0 aliphatic carbocycles. The molecule has 7 heteroatoms. The number of carbonyl (C=O) groups excluding carboxylic acids is 2. The van der Waals surface area contributed by atoms with Gasteiger partial charge in [-0.1, -0.05) is 0 Å². The Hall–Kier alpha value is -2.31. The smallest absolute Gasteiger partial charge is 0.321 e. The fraction of sp³-hybridized carbons (Fsp3) is 0.500. The number of rotatable bonds is 3. The van der Waals surface area contributed by atoms with Crippen molar-refractivity contribution in [3.05, 3.63) is 18.3 Å². The third-order valence-electron chi connectivity index (χ3n) is 3.31. The van der Waals surface area contributed by atoms with Gasteiger partial charge in [-0.15, -0.1) is 0 Å². The summed E-state index contributed by atoms with van der Waals surface area (Å²) in [6.45, 7) is 2.70. The van der Waals surface area contributed by atoms with Crippen molar-refractivity contribution in [3.8, 4) is 5.88 Å². The van der Waals surface area contributed by atoms with Crippen LogP contribution >= 0.6 is 0 Å². The van der Waals surface area contributed by atoms with Crippen LogP contribution in [0.25, 0.3) is 0 Å². The molecule has 2 N–H and O–H groups in total. The summed E-state index contributed by atoms with van der Waals surface area (Å²) >= 11 is 0. The summed E-state index contributed by atoms with van der Waals surface area (Å²) in [4.78, 5) is 29.0. The van der Waals surface area contributed by atoms with Crippen LogP contribution in [-0.2, 0) is 4.79 Å². The molecule has 1 unspecified atom stereocenters. The van der Waals surface area contributed by atoms with Crippen molar-refractivity contribution in [1.29, 1.82) is 0 Å². The summed E-state index contributed by atoms with van der Waals surface area (Å²) < 4.78 is 4.97. The number of piperidine rings is 1. The maximum atomic E-state index is 12.2. The number of amides is 3. The molecule has 7 nitrogen and oxygen atoms in total. The van der Waals surface area contributed by atoms with E-state index < -0.39 is 0 Å². The van der Waals surface area contributed by atoms with Crippen LogP contribution in [0.15, 0.2) is 18.3 Å². The lowest BCUT2D eigenvalue weighted by atomic mass is 10.1. The first-order valence-corrected chi connectivity index (χ1v) is 6.91. The molecule has 0 bridgehead atoms. The van der Waals surface area contributed by atoms with E-state index >= 15 is 0 Å². The Labute approximate surface area is 123 Å². The maximum Gasteiger partial charge on any atom is 0.321 e. The number of urea groups is 1. The average molecular weight is 292 g/mol. The van der Waals surface area contributed by atoms with E-state index in [4.69, 9.17) is 4.74 Å². The second-order valence-electron chi connectivity index (χ2n) is 5.01. The number of pyridine rings is 1. The maximum absolute atomic E-state index is 12.2. The molecule has 1 aliphatic heterocycles. The number of likely N-dealkylation sites (tertiary alicyclic amines) is 1. The zero-order valence-corrected chi connectivity index (χ0v) is 12.3. The van der Waals surface area contributed by atoms with E-state index in [-0.39, 0.29) is 18.0 Å². The zero-order chi connectivity index (χ0) is 15.2. The van der Waals surface area contributed by atoms with Crippen molar-refractivity contribution in [2.45, 2.75) is 25.8 Å². The summed E-state index contributed by atoms with van der Waals surface area (Å²) in [5.41, 5.74) is 0.613. The van der Waals surface area contributed by atoms with Crippen LogP contribution in [-0.4, -0.2) is 48.1 Å². The van der Waals surface area contributed by atoms with Crippen molar-refractivity contribution in [1.82, 2.24) is 15.2 Å². The van der Waals surface area contributed by atoms with Gasteiger partial charge in [0.25, 0.3) is 0 Å². The molecule has 1 saturated heterocycles. The molecule has 21 heavy (non-hydrogen) atoms. The molecule has 114 valence electrons. The molecule has 0 radical (unpaired) electrons. The summed E-state index contributed by atoms with van der Waals surface area (Å²) in [6, 6.07) is 3.26. The fourth-order valence-corrected chi connectivity index (χ4v) is 2.34. The molecule has 1 aromatic rings. The first-order chi connectivity index (χ1) is 10.1. The van der Waals surface area contributed by atoms with E-state index in [9.17, 15) is 9.59 Å². The molecule has 1 aliphatic rings. The molecule has 3 amide bonds. The first kappa shape index (κ1) is 15.1. The van der Waals surface area contributed by atoms with Crippen LogP contribution in [0.3, 0.4) is 0 Å². The number of hydrogen-bond acceptors (Lipinski definition) is 4. The predicted octanol–water partition coefficient (Wildman–Crippen LogP) is 1.22. The van der Waals surface area contributed by atoms with E-state index in [2.05, 4.69) is 15.6 Å². The van der Waals surface area contributed by atoms with Crippen LogP contribution < -0.4 is 15.4 Å². The monoisotopic (exact) mass is 292 g/mol. The van der Waals surface area contributed by atoms with Gasteiger partial charge in [0, 0.05) is 32.1 Å². The molecule has 2 heterocycles. The quantitative estimate of drug-likeness (QED) is 0.877. The molecular weight excluding hydrogens is 272 g/mol. The second kappa shape index (κ2) is 6.92. The molecular formula is C14H20N4O3. The summed E-state index contributed by atoms with van der Waals surface area (Å²) in [6.07, 6.45) is 3.32. The van der Waals surface area contributed by atoms with E-state index in [1.54, 1.807) is 23.2 Å². The highest BCUT2D eigenvalue weighted by atomic mass is 16.5. The highest BCUT2D eigenvalue weighted by molar-refractivity contribution is 5.89. The van der Waals surface area contributed by atoms with Crippen molar-refractivity contribution in [3.63, 3.8) is 0 Å². The Bertz CT molecular complexity index is 503. The van der Waals surface area contributed by atoms with Crippen LogP contribution in [0.2, 0.25) is 0 Å². The van der Waals surface area contributed by atoms with Crippen molar-refractivity contribution < 1.29 is 14.3 Å². The van der Waals surface area contributed by atoms with Gasteiger partial charge in [0.05, 0.1) is 19.0 Å². The lowest BCUT2D eigenvalue weighted by molar-refractivity contribution is -0.119. The average Bonchev–Trinajstić information content (AvgIpc) is 2.47. The second-order valence-corrected chi connectivity index (χ2v) is 5.01. The SMILES string of the molecule is COc1ccc(NC(=O)N2CCCC(NC(C)=O)C2)cn1. The normalized spacial score (nSPS) is 18.0. The van der Waals surface area contributed by atoms with Crippen LogP contribution in [0, 0.1) is 0 Å². The predicted molar refractivity (Wildman–Crippen MR) is 78.2 cm³/mol. The highest BCUT2D eigenvalue weighted by Gasteiger charge is 2.24. The lowest BCUT2D eigenvalue weighted by Crippen LogP contribution is -2.50. The number of anilines is 1. The van der Waals surface area contributed by atoms with Crippen molar-refractivity contribution >= 4 is 17.6 Å². The number of carbonyl (C=O) groups is 2.